The zero-order valence-electron chi connectivity index (χ0n) is 15.0. The van der Waals surface area contributed by atoms with Gasteiger partial charge in [0, 0.05) is 24.5 Å². The van der Waals surface area contributed by atoms with Crippen LogP contribution in [-0.2, 0) is 26.3 Å². The third kappa shape index (κ3) is 3.54. The van der Waals surface area contributed by atoms with Crippen molar-refractivity contribution in [3.05, 3.63) is 58.6 Å². The Morgan fingerprint density at radius 1 is 1.11 bits per heavy atom. The highest BCUT2D eigenvalue weighted by Gasteiger charge is 2.36. The summed E-state index contributed by atoms with van der Waals surface area (Å²) in [6.07, 6.45) is 0.834. The van der Waals surface area contributed by atoms with Crippen LogP contribution >= 0.6 is 11.6 Å². The molecule has 28 heavy (non-hydrogen) atoms. The molecule has 0 radical (unpaired) electrons. The molecule has 0 amide bonds. The lowest BCUT2D eigenvalue weighted by atomic mass is 10.1. The lowest BCUT2D eigenvalue weighted by molar-refractivity contribution is 0.356. The molecule has 2 aromatic rings. The van der Waals surface area contributed by atoms with Gasteiger partial charge in [0.2, 0.25) is 10.0 Å². The molecular formula is C19H20ClNO5S2. The van der Waals surface area contributed by atoms with Crippen molar-refractivity contribution in [2.75, 3.05) is 25.4 Å². The van der Waals surface area contributed by atoms with Crippen LogP contribution in [0.3, 0.4) is 0 Å². The number of rotatable bonds is 3. The summed E-state index contributed by atoms with van der Waals surface area (Å²) in [4.78, 5) is 0.172. The van der Waals surface area contributed by atoms with E-state index in [0.29, 0.717) is 29.4 Å². The van der Waals surface area contributed by atoms with Crippen LogP contribution in [0.25, 0.3) is 0 Å². The van der Waals surface area contributed by atoms with Crippen LogP contribution in [0.5, 0.6) is 5.75 Å². The highest BCUT2D eigenvalue weighted by molar-refractivity contribution is 7.92. The molecule has 2 aliphatic heterocycles. The topological polar surface area (TPSA) is 80.8 Å². The van der Waals surface area contributed by atoms with Gasteiger partial charge in [-0.25, -0.2) is 16.8 Å². The summed E-state index contributed by atoms with van der Waals surface area (Å²) >= 11 is 6.21. The number of benzene rings is 2. The molecule has 0 bridgehead atoms. The number of hydrogen-bond acceptors (Lipinski definition) is 5. The van der Waals surface area contributed by atoms with E-state index in [2.05, 4.69) is 0 Å². The molecule has 1 saturated heterocycles. The van der Waals surface area contributed by atoms with Crippen molar-refractivity contribution in [1.29, 1.82) is 0 Å². The second-order valence-corrected chi connectivity index (χ2v) is 11.6. The summed E-state index contributed by atoms with van der Waals surface area (Å²) in [5, 5.41) is -0.430. The maximum absolute atomic E-state index is 13.1. The maximum atomic E-state index is 13.1. The number of hydrogen-bond donors (Lipinski definition) is 0. The summed E-state index contributed by atoms with van der Waals surface area (Å²) in [6.45, 7) is 0.588. The predicted molar refractivity (Wildman–Crippen MR) is 107 cm³/mol. The van der Waals surface area contributed by atoms with Gasteiger partial charge in [-0.2, -0.15) is 4.31 Å². The van der Waals surface area contributed by atoms with Crippen molar-refractivity contribution in [2.45, 2.75) is 23.0 Å². The van der Waals surface area contributed by atoms with E-state index in [4.69, 9.17) is 16.3 Å². The number of nitrogens with zero attached hydrogens (tertiary/aromatic N) is 1. The van der Waals surface area contributed by atoms with Crippen LogP contribution in [0.2, 0.25) is 5.02 Å². The monoisotopic (exact) mass is 441 g/mol. The Bertz CT molecular complexity index is 1110. The number of sulfonamides is 1. The van der Waals surface area contributed by atoms with Gasteiger partial charge >= 0.3 is 0 Å². The van der Waals surface area contributed by atoms with Gasteiger partial charge < -0.3 is 4.74 Å². The van der Waals surface area contributed by atoms with Crippen LogP contribution < -0.4 is 4.74 Å². The second-order valence-electron chi connectivity index (χ2n) is 6.94. The SMILES string of the molecule is O=S1(=O)CCN(S(=O)(=O)c2ccc3c(c2)CCO3)CCC1c1ccccc1Cl. The van der Waals surface area contributed by atoms with E-state index in [1.807, 2.05) is 0 Å². The summed E-state index contributed by atoms with van der Waals surface area (Å²) in [6, 6.07) is 11.6. The van der Waals surface area contributed by atoms with E-state index < -0.39 is 25.1 Å². The van der Waals surface area contributed by atoms with E-state index in [0.717, 1.165) is 5.56 Å². The van der Waals surface area contributed by atoms with Gasteiger partial charge in [0.15, 0.2) is 9.84 Å². The maximum Gasteiger partial charge on any atom is 0.243 e. The van der Waals surface area contributed by atoms with E-state index in [1.165, 1.54) is 10.4 Å². The predicted octanol–water partition coefficient (Wildman–Crippen LogP) is 2.83. The molecular weight excluding hydrogens is 422 g/mol. The number of fused-ring (bicyclic) bond motifs is 1. The van der Waals surface area contributed by atoms with Crippen LogP contribution in [0, 0.1) is 0 Å². The molecule has 1 atom stereocenters. The van der Waals surface area contributed by atoms with E-state index >= 15 is 0 Å². The normalized spacial score (nSPS) is 22.2. The molecule has 2 aromatic carbocycles. The Balaban J connectivity index is 1.63. The Hall–Kier alpha value is -1.61. The van der Waals surface area contributed by atoms with E-state index in [-0.39, 0.29) is 30.2 Å². The fourth-order valence-corrected chi connectivity index (χ4v) is 7.49. The van der Waals surface area contributed by atoms with E-state index in [9.17, 15) is 16.8 Å². The van der Waals surface area contributed by atoms with Gasteiger partial charge in [0.05, 0.1) is 22.5 Å². The van der Waals surface area contributed by atoms with Gasteiger partial charge in [-0.3, -0.25) is 0 Å². The summed E-state index contributed by atoms with van der Waals surface area (Å²) in [7, 11) is -7.32. The molecule has 2 heterocycles. The van der Waals surface area contributed by atoms with Crippen molar-refractivity contribution in [3.8, 4) is 5.75 Å². The Morgan fingerprint density at radius 2 is 1.89 bits per heavy atom. The van der Waals surface area contributed by atoms with Gasteiger partial charge in [-0.05, 0) is 41.8 Å². The standard InChI is InChI=1S/C19H20ClNO5S2/c20-17-4-2-1-3-16(17)19-7-9-21(10-12-27(19,22)23)28(24,25)15-5-6-18-14(13-15)8-11-26-18/h1-6,13,19H,7-12H2. The average molecular weight is 442 g/mol. The van der Waals surface area contributed by atoms with Crippen LogP contribution in [0.15, 0.2) is 47.4 Å². The van der Waals surface area contributed by atoms with Gasteiger partial charge in [-0.15, -0.1) is 0 Å². The molecule has 4 rings (SSSR count). The lowest BCUT2D eigenvalue weighted by Crippen LogP contribution is -2.33. The zero-order valence-corrected chi connectivity index (χ0v) is 17.4. The first-order valence-electron chi connectivity index (χ1n) is 9.01. The first-order chi connectivity index (χ1) is 13.3. The first-order valence-corrected chi connectivity index (χ1v) is 12.5. The number of ether oxygens (including phenoxy) is 1. The molecule has 150 valence electrons. The molecule has 0 aromatic heterocycles. The highest BCUT2D eigenvalue weighted by Crippen LogP contribution is 2.35. The summed E-state index contributed by atoms with van der Waals surface area (Å²) < 4.78 is 58.6. The molecule has 1 unspecified atom stereocenters. The van der Waals surface area contributed by atoms with Crippen molar-refractivity contribution in [1.82, 2.24) is 4.31 Å². The number of sulfone groups is 1. The molecule has 2 aliphatic rings. The molecule has 0 aliphatic carbocycles. The highest BCUT2D eigenvalue weighted by atomic mass is 35.5. The minimum atomic E-state index is -3.79. The quantitative estimate of drug-likeness (QED) is 0.731. The minimum absolute atomic E-state index is 0.0702. The van der Waals surface area contributed by atoms with Crippen molar-refractivity contribution in [3.63, 3.8) is 0 Å². The largest absolute Gasteiger partial charge is 0.493 e. The third-order valence-electron chi connectivity index (χ3n) is 5.25. The lowest BCUT2D eigenvalue weighted by Gasteiger charge is -2.20. The van der Waals surface area contributed by atoms with Crippen LogP contribution in [-0.4, -0.2) is 46.6 Å². The summed E-state index contributed by atoms with van der Waals surface area (Å²) in [5.41, 5.74) is 1.38. The first kappa shape index (κ1) is 19.7. The second kappa shape index (κ2) is 7.33. The molecule has 9 heteroatoms. The van der Waals surface area contributed by atoms with Gasteiger partial charge in [0.1, 0.15) is 5.75 Å². The smallest absolute Gasteiger partial charge is 0.243 e. The molecule has 1 fully saturated rings. The number of halogens is 1. The fourth-order valence-electron chi connectivity index (χ4n) is 3.72. The Kier molecular flexibility index (Phi) is 5.16. The summed E-state index contributed by atoms with van der Waals surface area (Å²) in [5.74, 6) is 0.465. The Morgan fingerprint density at radius 3 is 2.68 bits per heavy atom. The van der Waals surface area contributed by atoms with Gasteiger partial charge in [0.25, 0.3) is 0 Å². The van der Waals surface area contributed by atoms with Crippen LogP contribution in [0.4, 0.5) is 0 Å². The van der Waals surface area contributed by atoms with Crippen LogP contribution in [0.1, 0.15) is 22.8 Å². The van der Waals surface area contributed by atoms with Crippen molar-refractivity contribution in [2.24, 2.45) is 0 Å². The average Bonchev–Trinajstić information content (AvgIpc) is 3.06. The molecule has 0 spiro atoms. The molecule has 6 nitrogen and oxygen atoms in total. The Labute approximate surface area is 170 Å². The fraction of sp³-hybridized carbons (Fsp3) is 0.368. The zero-order chi connectivity index (χ0) is 19.9. The molecule has 0 N–H and O–H groups in total. The minimum Gasteiger partial charge on any atom is -0.493 e. The van der Waals surface area contributed by atoms with Crippen molar-refractivity contribution >= 4 is 31.5 Å². The van der Waals surface area contributed by atoms with Crippen molar-refractivity contribution < 1.29 is 21.6 Å². The molecule has 0 saturated carbocycles. The van der Waals surface area contributed by atoms with E-state index in [1.54, 1.807) is 36.4 Å². The third-order valence-corrected chi connectivity index (χ3v) is 9.60. The van der Waals surface area contributed by atoms with Gasteiger partial charge in [-0.1, -0.05) is 29.8 Å².